The molecule has 2 heterocycles. The van der Waals surface area contributed by atoms with Gasteiger partial charge in [0, 0.05) is 10.7 Å². The first-order valence-electron chi connectivity index (χ1n) is 4.98. The molecule has 0 aromatic carbocycles. The Morgan fingerprint density at radius 3 is 2.93 bits per heavy atom. The highest BCUT2D eigenvalue weighted by atomic mass is 79.9. The van der Waals surface area contributed by atoms with E-state index in [9.17, 15) is 0 Å². The molecule has 2 aromatic rings. The normalized spacial score (nSPS) is 19.1. The molecule has 2 aromatic heterocycles. The summed E-state index contributed by atoms with van der Waals surface area (Å²) in [5.74, 6) is 0.870. The van der Waals surface area contributed by atoms with Gasteiger partial charge in [0.1, 0.15) is 5.82 Å². The summed E-state index contributed by atoms with van der Waals surface area (Å²) < 4.78 is 0.949. The van der Waals surface area contributed by atoms with Crippen LogP contribution in [0, 0.1) is 0 Å². The van der Waals surface area contributed by atoms with Gasteiger partial charge in [0.25, 0.3) is 0 Å². The summed E-state index contributed by atoms with van der Waals surface area (Å²) in [4.78, 5) is 11.9. The zero-order chi connectivity index (χ0) is 10.5. The number of H-pyrrole nitrogens is 1. The molecule has 0 aliphatic heterocycles. The van der Waals surface area contributed by atoms with E-state index in [-0.39, 0.29) is 5.54 Å². The molecule has 78 valence electrons. The van der Waals surface area contributed by atoms with Crippen molar-refractivity contribution < 1.29 is 0 Å². The SMILES string of the molecule is NC1(c2nc3ncc(Br)cc3[nH]2)CCC1. The minimum atomic E-state index is -0.243. The highest BCUT2D eigenvalue weighted by molar-refractivity contribution is 9.10. The number of nitrogens with two attached hydrogens (primary N) is 1. The predicted octanol–water partition coefficient (Wildman–Crippen LogP) is 2.06. The Morgan fingerprint density at radius 1 is 1.47 bits per heavy atom. The van der Waals surface area contributed by atoms with E-state index in [2.05, 4.69) is 30.9 Å². The summed E-state index contributed by atoms with van der Waals surface area (Å²) in [5, 5.41) is 0. The van der Waals surface area contributed by atoms with E-state index in [1.165, 1.54) is 6.42 Å². The van der Waals surface area contributed by atoms with Crippen LogP contribution in [0.15, 0.2) is 16.7 Å². The summed E-state index contributed by atoms with van der Waals surface area (Å²) in [6.07, 6.45) is 4.95. The van der Waals surface area contributed by atoms with E-state index in [0.29, 0.717) is 0 Å². The monoisotopic (exact) mass is 266 g/mol. The number of pyridine rings is 1. The van der Waals surface area contributed by atoms with Gasteiger partial charge in [-0.15, -0.1) is 0 Å². The number of halogens is 1. The lowest BCUT2D eigenvalue weighted by atomic mass is 9.77. The minimum Gasteiger partial charge on any atom is -0.339 e. The second kappa shape index (κ2) is 3.02. The lowest BCUT2D eigenvalue weighted by Crippen LogP contribution is -2.44. The fraction of sp³-hybridized carbons (Fsp3) is 0.400. The summed E-state index contributed by atoms with van der Waals surface area (Å²) >= 11 is 3.38. The van der Waals surface area contributed by atoms with Gasteiger partial charge in [-0.3, -0.25) is 0 Å². The third-order valence-electron chi connectivity index (χ3n) is 3.02. The first kappa shape index (κ1) is 9.30. The second-order valence-corrected chi connectivity index (χ2v) is 5.04. The van der Waals surface area contributed by atoms with E-state index in [4.69, 9.17) is 5.73 Å². The van der Waals surface area contributed by atoms with E-state index in [1.807, 2.05) is 6.07 Å². The molecule has 15 heavy (non-hydrogen) atoms. The van der Waals surface area contributed by atoms with Crippen molar-refractivity contribution in [1.29, 1.82) is 0 Å². The van der Waals surface area contributed by atoms with Gasteiger partial charge in [-0.2, -0.15) is 0 Å². The van der Waals surface area contributed by atoms with Gasteiger partial charge in [0.05, 0.1) is 11.1 Å². The summed E-state index contributed by atoms with van der Waals surface area (Å²) in [6.45, 7) is 0. The van der Waals surface area contributed by atoms with Crippen LogP contribution in [-0.2, 0) is 5.54 Å². The minimum absolute atomic E-state index is 0.243. The average molecular weight is 267 g/mol. The molecule has 1 aliphatic carbocycles. The van der Waals surface area contributed by atoms with Gasteiger partial charge in [-0.1, -0.05) is 0 Å². The molecule has 5 heteroatoms. The first-order valence-corrected chi connectivity index (χ1v) is 5.77. The lowest BCUT2D eigenvalue weighted by Gasteiger charge is -2.35. The molecule has 1 fully saturated rings. The Balaban J connectivity index is 2.14. The van der Waals surface area contributed by atoms with Crippen molar-refractivity contribution in [3.8, 4) is 0 Å². The molecule has 1 saturated carbocycles. The van der Waals surface area contributed by atoms with Crippen molar-refractivity contribution in [2.45, 2.75) is 24.8 Å². The highest BCUT2D eigenvalue weighted by Gasteiger charge is 2.37. The maximum atomic E-state index is 6.19. The number of hydrogen-bond acceptors (Lipinski definition) is 3. The van der Waals surface area contributed by atoms with Crippen LogP contribution >= 0.6 is 15.9 Å². The Morgan fingerprint density at radius 2 is 2.27 bits per heavy atom. The van der Waals surface area contributed by atoms with Crippen LogP contribution in [0.2, 0.25) is 0 Å². The van der Waals surface area contributed by atoms with E-state index in [1.54, 1.807) is 6.20 Å². The number of nitrogens with zero attached hydrogens (tertiary/aromatic N) is 2. The molecule has 4 nitrogen and oxygen atoms in total. The third kappa shape index (κ3) is 1.38. The molecule has 0 spiro atoms. The number of fused-ring (bicyclic) bond motifs is 1. The molecule has 0 amide bonds. The molecule has 0 saturated heterocycles. The van der Waals surface area contributed by atoms with Crippen LogP contribution in [0.5, 0.6) is 0 Å². The topological polar surface area (TPSA) is 67.6 Å². The average Bonchev–Trinajstić information content (AvgIpc) is 2.57. The summed E-state index contributed by atoms with van der Waals surface area (Å²) in [5.41, 5.74) is 7.63. The number of nitrogens with one attached hydrogen (secondary N) is 1. The summed E-state index contributed by atoms with van der Waals surface area (Å²) in [7, 11) is 0. The molecule has 0 unspecified atom stereocenters. The van der Waals surface area contributed by atoms with Crippen LogP contribution < -0.4 is 5.73 Å². The van der Waals surface area contributed by atoms with Crippen LogP contribution in [0.25, 0.3) is 11.2 Å². The van der Waals surface area contributed by atoms with Crippen molar-refractivity contribution in [3.05, 3.63) is 22.6 Å². The maximum Gasteiger partial charge on any atom is 0.177 e. The molecule has 0 atom stereocenters. The number of aromatic amines is 1. The van der Waals surface area contributed by atoms with Gasteiger partial charge in [0.2, 0.25) is 0 Å². The zero-order valence-electron chi connectivity index (χ0n) is 8.13. The van der Waals surface area contributed by atoms with Crippen LogP contribution in [0.1, 0.15) is 25.1 Å². The first-order chi connectivity index (χ1) is 7.17. The second-order valence-electron chi connectivity index (χ2n) is 4.12. The number of imidazole rings is 1. The number of rotatable bonds is 1. The van der Waals surface area contributed by atoms with Crippen molar-refractivity contribution in [2.24, 2.45) is 5.73 Å². The number of hydrogen-bond donors (Lipinski definition) is 2. The lowest BCUT2D eigenvalue weighted by molar-refractivity contribution is 0.240. The molecule has 3 N–H and O–H groups in total. The predicted molar refractivity (Wildman–Crippen MR) is 61.3 cm³/mol. The van der Waals surface area contributed by atoms with Gasteiger partial charge < -0.3 is 10.7 Å². The fourth-order valence-corrected chi connectivity index (χ4v) is 2.24. The van der Waals surface area contributed by atoms with Crippen molar-refractivity contribution >= 4 is 27.1 Å². The fourth-order valence-electron chi connectivity index (χ4n) is 1.90. The molecule has 1 aliphatic rings. The van der Waals surface area contributed by atoms with Crippen LogP contribution in [0.4, 0.5) is 0 Å². The van der Waals surface area contributed by atoms with Crippen molar-refractivity contribution in [3.63, 3.8) is 0 Å². The van der Waals surface area contributed by atoms with Crippen molar-refractivity contribution in [1.82, 2.24) is 15.0 Å². The molecule has 0 radical (unpaired) electrons. The molecular formula is C10H11BrN4. The van der Waals surface area contributed by atoms with E-state index < -0.39 is 0 Å². The van der Waals surface area contributed by atoms with Gasteiger partial charge in [-0.25, -0.2) is 9.97 Å². The molecular weight excluding hydrogens is 256 g/mol. The Kier molecular flexibility index (Phi) is 1.87. The Hall–Kier alpha value is -0.940. The van der Waals surface area contributed by atoms with E-state index in [0.717, 1.165) is 34.3 Å². The largest absolute Gasteiger partial charge is 0.339 e. The molecule has 0 bridgehead atoms. The number of aromatic nitrogens is 3. The van der Waals surface area contributed by atoms with Gasteiger partial charge in [-0.05, 0) is 41.3 Å². The van der Waals surface area contributed by atoms with Crippen LogP contribution in [0.3, 0.4) is 0 Å². The smallest absolute Gasteiger partial charge is 0.177 e. The zero-order valence-corrected chi connectivity index (χ0v) is 9.71. The van der Waals surface area contributed by atoms with E-state index >= 15 is 0 Å². The Labute approximate surface area is 95.4 Å². The third-order valence-corrected chi connectivity index (χ3v) is 3.46. The van der Waals surface area contributed by atoms with Crippen LogP contribution in [-0.4, -0.2) is 15.0 Å². The highest BCUT2D eigenvalue weighted by Crippen LogP contribution is 2.37. The van der Waals surface area contributed by atoms with Gasteiger partial charge >= 0.3 is 0 Å². The van der Waals surface area contributed by atoms with Gasteiger partial charge in [0.15, 0.2) is 5.65 Å². The standard InChI is InChI=1S/C10H11BrN4/c11-6-4-7-8(13-5-6)15-9(14-7)10(12)2-1-3-10/h4-5H,1-3,12H2,(H,13,14,15). The maximum absolute atomic E-state index is 6.19. The quantitative estimate of drug-likeness (QED) is 0.831. The molecule has 3 rings (SSSR count). The summed E-state index contributed by atoms with van der Waals surface area (Å²) in [6, 6.07) is 1.97. The van der Waals surface area contributed by atoms with Crippen molar-refractivity contribution in [2.75, 3.05) is 0 Å². The Bertz CT molecular complexity index is 515.